The van der Waals surface area contributed by atoms with Crippen LogP contribution >= 0.6 is 24.0 Å². The first-order valence-corrected chi connectivity index (χ1v) is 8.29. The lowest BCUT2D eigenvalue weighted by molar-refractivity contribution is 0.129. The van der Waals surface area contributed by atoms with Crippen molar-refractivity contribution < 1.29 is 4.74 Å². The van der Waals surface area contributed by atoms with Crippen LogP contribution in [0.4, 0.5) is 0 Å². The maximum atomic E-state index is 5.97. The van der Waals surface area contributed by atoms with Crippen molar-refractivity contribution in [3.63, 3.8) is 0 Å². The topological polar surface area (TPSA) is 59.6 Å². The molecule has 2 aromatic rings. The largest absolute Gasteiger partial charge is 0.488 e. The monoisotopic (exact) mass is 453 g/mol. The number of para-hydroxylation sites is 1. The second-order valence-electron chi connectivity index (χ2n) is 6.69. The fourth-order valence-corrected chi connectivity index (χ4v) is 2.27. The van der Waals surface area contributed by atoms with Gasteiger partial charge in [-0.15, -0.1) is 24.0 Å². The fourth-order valence-electron chi connectivity index (χ4n) is 2.27. The van der Waals surface area contributed by atoms with Gasteiger partial charge < -0.3 is 15.8 Å². The van der Waals surface area contributed by atoms with Crippen molar-refractivity contribution in [3.05, 3.63) is 65.7 Å². The molecule has 0 spiro atoms. The van der Waals surface area contributed by atoms with Gasteiger partial charge in [-0.3, -0.25) is 0 Å². The number of ether oxygens (including phenoxy) is 1. The first kappa shape index (κ1) is 21.3. The summed E-state index contributed by atoms with van der Waals surface area (Å²) < 4.78 is 5.97. The van der Waals surface area contributed by atoms with E-state index in [4.69, 9.17) is 10.5 Å². The fraction of sp³-hybridized carbons (Fsp3) is 0.350. The third kappa shape index (κ3) is 8.25. The number of guanidine groups is 1. The molecule has 25 heavy (non-hydrogen) atoms. The van der Waals surface area contributed by atoms with E-state index in [-0.39, 0.29) is 29.6 Å². The molecule has 0 aromatic heterocycles. The molecule has 0 atom stereocenters. The van der Waals surface area contributed by atoms with Gasteiger partial charge in [-0.25, -0.2) is 4.99 Å². The summed E-state index contributed by atoms with van der Waals surface area (Å²) in [6.07, 6.45) is 0.917. The zero-order valence-corrected chi connectivity index (χ0v) is 17.5. The Kier molecular flexibility index (Phi) is 8.75. The van der Waals surface area contributed by atoms with E-state index in [1.807, 2.05) is 63.2 Å². The summed E-state index contributed by atoms with van der Waals surface area (Å²) in [5.74, 6) is 1.31. The zero-order valence-electron chi connectivity index (χ0n) is 15.2. The normalized spacial score (nSPS) is 11.6. The first-order valence-electron chi connectivity index (χ1n) is 8.29. The van der Waals surface area contributed by atoms with Gasteiger partial charge in [-0.2, -0.15) is 0 Å². The van der Waals surface area contributed by atoms with Gasteiger partial charge in [0.15, 0.2) is 5.96 Å². The Hall–Kier alpha value is -1.76. The molecule has 136 valence electrons. The van der Waals surface area contributed by atoms with E-state index in [0.717, 1.165) is 24.3 Å². The van der Waals surface area contributed by atoms with Crippen molar-refractivity contribution in [2.45, 2.75) is 39.3 Å². The minimum Gasteiger partial charge on any atom is -0.488 e. The van der Waals surface area contributed by atoms with E-state index in [0.29, 0.717) is 12.5 Å². The van der Waals surface area contributed by atoms with Crippen LogP contribution in [-0.4, -0.2) is 18.1 Å². The van der Waals surface area contributed by atoms with Crippen LogP contribution in [0.1, 0.15) is 31.9 Å². The van der Waals surface area contributed by atoms with Gasteiger partial charge in [0.1, 0.15) is 11.4 Å². The van der Waals surface area contributed by atoms with Crippen molar-refractivity contribution in [2.24, 2.45) is 10.7 Å². The van der Waals surface area contributed by atoms with Gasteiger partial charge in [-0.05, 0) is 38.8 Å². The summed E-state index contributed by atoms with van der Waals surface area (Å²) in [5, 5.41) is 3.16. The number of hydrogen-bond acceptors (Lipinski definition) is 2. The summed E-state index contributed by atoms with van der Waals surface area (Å²) >= 11 is 0. The van der Waals surface area contributed by atoms with E-state index in [1.54, 1.807) is 0 Å². The summed E-state index contributed by atoms with van der Waals surface area (Å²) in [5.41, 5.74) is 8.03. The van der Waals surface area contributed by atoms with Crippen LogP contribution in [0.5, 0.6) is 5.75 Å². The Morgan fingerprint density at radius 1 is 1.04 bits per heavy atom. The summed E-state index contributed by atoms with van der Waals surface area (Å²) in [4.78, 5) is 4.42. The van der Waals surface area contributed by atoms with Crippen molar-refractivity contribution in [2.75, 3.05) is 6.54 Å². The smallest absolute Gasteiger partial charge is 0.188 e. The molecule has 0 radical (unpaired) electrons. The van der Waals surface area contributed by atoms with Gasteiger partial charge in [0.25, 0.3) is 0 Å². The number of nitrogens with one attached hydrogen (secondary N) is 1. The Bertz CT molecular complexity index is 666. The molecule has 0 heterocycles. The molecule has 0 aliphatic carbocycles. The van der Waals surface area contributed by atoms with Gasteiger partial charge in [0.05, 0.1) is 6.54 Å². The minimum absolute atomic E-state index is 0. The van der Waals surface area contributed by atoms with E-state index in [2.05, 4.69) is 22.4 Å². The summed E-state index contributed by atoms with van der Waals surface area (Å²) in [7, 11) is 0. The standard InChI is InChI=1S/C20H27N3O.HI/c1-20(2,3)24-18-12-8-7-11-17(18)15-23-19(21)22-14-13-16-9-5-4-6-10-16;/h4-12H,13-15H2,1-3H3,(H3,21,22,23);1H. The quantitative estimate of drug-likeness (QED) is 0.393. The number of nitrogens with zero attached hydrogens (tertiary/aromatic N) is 1. The number of nitrogens with two attached hydrogens (primary N) is 1. The molecule has 3 N–H and O–H groups in total. The molecule has 0 unspecified atom stereocenters. The molecular formula is C20H28IN3O. The third-order valence-corrected chi connectivity index (χ3v) is 3.37. The van der Waals surface area contributed by atoms with E-state index < -0.39 is 0 Å². The van der Waals surface area contributed by atoms with Gasteiger partial charge in [-0.1, -0.05) is 48.5 Å². The molecular weight excluding hydrogens is 425 g/mol. The molecule has 0 aliphatic heterocycles. The molecule has 0 aliphatic rings. The van der Waals surface area contributed by atoms with Crippen molar-refractivity contribution in [3.8, 4) is 5.75 Å². The highest BCUT2D eigenvalue weighted by molar-refractivity contribution is 14.0. The minimum atomic E-state index is -0.237. The van der Waals surface area contributed by atoms with Crippen LogP contribution in [0.3, 0.4) is 0 Å². The van der Waals surface area contributed by atoms with Crippen LogP contribution < -0.4 is 15.8 Å². The SMILES string of the molecule is CC(C)(C)Oc1ccccc1CN=C(N)NCCc1ccccc1.I. The summed E-state index contributed by atoms with van der Waals surface area (Å²) in [6, 6.07) is 18.2. The predicted molar refractivity (Wildman–Crippen MR) is 116 cm³/mol. The molecule has 0 amide bonds. The van der Waals surface area contributed by atoms with Gasteiger partial charge in [0.2, 0.25) is 0 Å². The number of halogens is 1. The molecule has 0 bridgehead atoms. The van der Waals surface area contributed by atoms with Crippen molar-refractivity contribution in [1.29, 1.82) is 0 Å². The highest BCUT2D eigenvalue weighted by Crippen LogP contribution is 2.23. The van der Waals surface area contributed by atoms with Gasteiger partial charge in [0, 0.05) is 12.1 Å². The number of benzene rings is 2. The Morgan fingerprint density at radius 2 is 1.68 bits per heavy atom. The van der Waals surface area contributed by atoms with E-state index in [1.165, 1.54) is 5.56 Å². The highest BCUT2D eigenvalue weighted by Gasteiger charge is 2.14. The highest BCUT2D eigenvalue weighted by atomic mass is 127. The lowest BCUT2D eigenvalue weighted by atomic mass is 10.1. The van der Waals surface area contributed by atoms with Crippen LogP contribution in [0, 0.1) is 0 Å². The molecule has 0 saturated carbocycles. The zero-order chi connectivity index (χ0) is 17.4. The van der Waals surface area contributed by atoms with E-state index in [9.17, 15) is 0 Å². The van der Waals surface area contributed by atoms with Crippen LogP contribution in [0.15, 0.2) is 59.6 Å². The van der Waals surface area contributed by atoms with Crippen LogP contribution in [0.2, 0.25) is 0 Å². The lowest BCUT2D eigenvalue weighted by Gasteiger charge is -2.23. The Morgan fingerprint density at radius 3 is 2.36 bits per heavy atom. The maximum Gasteiger partial charge on any atom is 0.188 e. The van der Waals surface area contributed by atoms with Crippen LogP contribution in [0.25, 0.3) is 0 Å². The second kappa shape index (κ2) is 10.3. The summed E-state index contributed by atoms with van der Waals surface area (Å²) in [6.45, 7) is 7.36. The van der Waals surface area contributed by atoms with E-state index >= 15 is 0 Å². The van der Waals surface area contributed by atoms with Crippen LogP contribution in [-0.2, 0) is 13.0 Å². The average Bonchev–Trinajstić information content (AvgIpc) is 2.54. The molecule has 4 nitrogen and oxygen atoms in total. The van der Waals surface area contributed by atoms with Crippen molar-refractivity contribution in [1.82, 2.24) is 5.32 Å². The molecule has 0 fully saturated rings. The average molecular weight is 453 g/mol. The third-order valence-electron chi connectivity index (χ3n) is 3.37. The lowest BCUT2D eigenvalue weighted by Crippen LogP contribution is -2.33. The first-order chi connectivity index (χ1) is 11.4. The van der Waals surface area contributed by atoms with Gasteiger partial charge >= 0.3 is 0 Å². The Balaban J connectivity index is 0.00000312. The Labute approximate surface area is 167 Å². The van der Waals surface area contributed by atoms with Crippen molar-refractivity contribution >= 4 is 29.9 Å². The number of rotatable bonds is 6. The second-order valence-corrected chi connectivity index (χ2v) is 6.69. The molecule has 2 aromatic carbocycles. The molecule has 2 rings (SSSR count). The number of hydrogen-bond donors (Lipinski definition) is 2. The number of aliphatic imine (C=N–C) groups is 1. The maximum absolute atomic E-state index is 5.97. The molecule has 0 saturated heterocycles. The predicted octanol–water partition coefficient (Wildman–Crippen LogP) is 4.13. The molecule has 5 heteroatoms.